The Morgan fingerprint density at radius 3 is 2.48 bits per heavy atom. The molecule has 2 rings (SSSR count). The number of aromatic carboxylic acids is 1. The summed E-state index contributed by atoms with van der Waals surface area (Å²) >= 11 is 3.34. The van der Waals surface area contributed by atoms with Gasteiger partial charge in [-0.25, -0.2) is 9.18 Å². The molecule has 2 aromatic rings. The van der Waals surface area contributed by atoms with E-state index in [1.165, 1.54) is 6.07 Å². The molecule has 0 aliphatic heterocycles. The van der Waals surface area contributed by atoms with E-state index in [9.17, 15) is 14.0 Å². The number of rotatable bonds is 3. The molecule has 0 unspecified atom stereocenters. The average Bonchev–Trinajstić information content (AvgIpc) is 2.41. The fraction of sp³-hybridized carbons (Fsp3) is 0.0667. The van der Waals surface area contributed by atoms with Gasteiger partial charge in [0.1, 0.15) is 5.82 Å². The molecule has 0 saturated carbocycles. The monoisotopic (exact) mass is 351 g/mol. The summed E-state index contributed by atoms with van der Waals surface area (Å²) in [6.07, 6.45) is 0. The maximum atomic E-state index is 13.5. The van der Waals surface area contributed by atoms with E-state index in [2.05, 4.69) is 21.2 Å². The van der Waals surface area contributed by atoms with Gasteiger partial charge in [0, 0.05) is 15.7 Å². The second-order valence-corrected chi connectivity index (χ2v) is 5.27. The quantitative estimate of drug-likeness (QED) is 0.882. The van der Waals surface area contributed by atoms with Crippen LogP contribution in [-0.2, 0) is 0 Å². The van der Waals surface area contributed by atoms with E-state index < -0.39 is 23.3 Å². The lowest BCUT2D eigenvalue weighted by molar-refractivity contribution is 0.0692. The molecule has 0 bridgehead atoms. The number of hydrogen-bond donors (Lipinski definition) is 2. The summed E-state index contributed by atoms with van der Waals surface area (Å²) < 4.78 is 14.4. The van der Waals surface area contributed by atoms with Crippen LogP contribution in [-0.4, -0.2) is 17.0 Å². The molecule has 21 heavy (non-hydrogen) atoms. The molecular weight excluding hydrogens is 341 g/mol. The van der Waals surface area contributed by atoms with E-state index in [-0.39, 0.29) is 5.69 Å². The zero-order valence-electron chi connectivity index (χ0n) is 11.0. The molecule has 0 spiro atoms. The molecule has 0 saturated heterocycles. The van der Waals surface area contributed by atoms with Crippen molar-refractivity contribution in [2.24, 2.45) is 0 Å². The highest BCUT2D eigenvalue weighted by molar-refractivity contribution is 9.10. The van der Waals surface area contributed by atoms with Gasteiger partial charge in [0.05, 0.1) is 5.56 Å². The summed E-state index contributed by atoms with van der Waals surface area (Å²) in [5.41, 5.74) is 1.09. The van der Waals surface area contributed by atoms with Gasteiger partial charge in [-0.05, 0) is 48.9 Å². The molecule has 108 valence electrons. The van der Waals surface area contributed by atoms with Crippen LogP contribution in [0.2, 0.25) is 0 Å². The van der Waals surface area contributed by atoms with Gasteiger partial charge in [-0.15, -0.1) is 0 Å². The molecule has 0 radical (unpaired) electrons. The summed E-state index contributed by atoms with van der Waals surface area (Å²) in [5, 5.41) is 11.3. The summed E-state index contributed by atoms with van der Waals surface area (Å²) in [5.74, 6) is -2.64. The molecule has 4 nitrogen and oxygen atoms in total. The van der Waals surface area contributed by atoms with Crippen molar-refractivity contribution < 1.29 is 19.1 Å². The number of halogens is 2. The van der Waals surface area contributed by atoms with E-state index in [0.29, 0.717) is 5.56 Å². The zero-order valence-corrected chi connectivity index (χ0v) is 12.6. The SMILES string of the molecule is Cc1cc(C(=O)Nc2ccc(C(=O)O)c(F)c2)ccc1Br. The first kappa shape index (κ1) is 15.2. The van der Waals surface area contributed by atoms with Crippen LogP contribution >= 0.6 is 15.9 Å². The third-order valence-corrected chi connectivity index (χ3v) is 3.77. The smallest absolute Gasteiger partial charge is 0.338 e. The van der Waals surface area contributed by atoms with Crippen molar-refractivity contribution in [2.45, 2.75) is 6.92 Å². The van der Waals surface area contributed by atoms with Gasteiger partial charge in [0.25, 0.3) is 5.91 Å². The van der Waals surface area contributed by atoms with Gasteiger partial charge >= 0.3 is 5.97 Å². The van der Waals surface area contributed by atoms with Crippen molar-refractivity contribution in [1.82, 2.24) is 0 Å². The largest absolute Gasteiger partial charge is 0.478 e. The van der Waals surface area contributed by atoms with Crippen molar-refractivity contribution in [2.75, 3.05) is 5.32 Å². The minimum absolute atomic E-state index is 0.197. The predicted octanol–water partition coefficient (Wildman–Crippen LogP) is 3.85. The topological polar surface area (TPSA) is 66.4 Å². The molecule has 0 heterocycles. The molecular formula is C15H11BrFNO3. The molecule has 0 aromatic heterocycles. The average molecular weight is 352 g/mol. The Bertz CT molecular complexity index is 731. The van der Waals surface area contributed by atoms with Crippen molar-refractivity contribution in [3.8, 4) is 0 Å². The van der Waals surface area contributed by atoms with Crippen LogP contribution < -0.4 is 5.32 Å². The summed E-state index contributed by atoms with van der Waals surface area (Å²) in [4.78, 5) is 22.8. The Labute approximate surface area is 128 Å². The van der Waals surface area contributed by atoms with E-state index in [0.717, 1.165) is 22.2 Å². The lowest BCUT2D eigenvalue weighted by Crippen LogP contribution is -2.12. The maximum Gasteiger partial charge on any atom is 0.338 e. The number of carbonyl (C=O) groups excluding carboxylic acids is 1. The number of nitrogens with one attached hydrogen (secondary N) is 1. The number of aryl methyl sites for hydroxylation is 1. The number of amides is 1. The van der Waals surface area contributed by atoms with Crippen molar-refractivity contribution >= 4 is 33.5 Å². The fourth-order valence-corrected chi connectivity index (χ4v) is 2.00. The number of anilines is 1. The van der Waals surface area contributed by atoms with Crippen LogP contribution in [0, 0.1) is 12.7 Å². The van der Waals surface area contributed by atoms with Crippen LogP contribution in [0.5, 0.6) is 0 Å². The number of carboxylic acid groups (broad SMARTS) is 1. The highest BCUT2D eigenvalue weighted by atomic mass is 79.9. The van der Waals surface area contributed by atoms with Gasteiger partial charge in [0.2, 0.25) is 0 Å². The van der Waals surface area contributed by atoms with Crippen molar-refractivity contribution in [1.29, 1.82) is 0 Å². The first-order chi connectivity index (χ1) is 9.88. The highest BCUT2D eigenvalue weighted by Gasteiger charge is 2.12. The normalized spacial score (nSPS) is 10.2. The first-order valence-corrected chi connectivity index (χ1v) is 6.78. The molecule has 0 atom stereocenters. The van der Waals surface area contributed by atoms with Crippen LogP contribution in [0.3, 0.4) is 0 Å². The Balaban J connectivity index is 2.21. The fourth-order valence-electron chi connectivity index (χ4n) is 1.76. The van der Waals surface area contributed by atoms with Gasteiger partial charge in [0.15, 0.2) is 0 Å². The Morgan fingerprint density at radius 1 is 1.19 bits per heavy atom. The van der Waals surface area contributed by atoms with E-state index >= 15 is 0 Å². The summed E-state index contributed by atoms with van der Waals surface area (Å²) in [7, 11) is 0. The Hall–Kier alpha value is -2.21. The predicted molar refractivity (Wildman–Crippen MR) is 80.2 cm³/mol. The minimum Gasteiger partial charge on any atom is -0.478 e. The molecule has 0 fully saturated rings. The lowest BCUT2D eigenvalue weighted by Gasteiger charge is -2.07. The van der Waals surface area contributed by atoms with E-state index in [4.69, 9.17) is 5.11 Å². The highest BCUT2D eigenvalue weighted by Crippen LogP contribution is 2.19. The molecule has 2 aromatic carbocycles. The molecule has 0 aliphatic rings. The second-order valence-electron chi connectivity index (χ2n) is 4.42. The number of hydrogen-bond acceptors (Lipinski definition) is 2. The molecule has 6 heteroatoms. The standard InChI is InChI=1S/C15H11BrFNO3/c1-8-6-9(2-5-12(8)16)14(19)18-10-3-4-11(15(20)21)13(17)7-10/h2-7H,1H3,(H,18,19)(H,20,21). The minimum atomic E-state index is -1.35. The first-order valence-electron chi connectivity index (χ1n) is 5.99. The van der Waals surface area contributed by atoms with Gasteiger partial charge in [-0.3, -0.25) is 4.79 Å². The lowest BCUT2D eigenvalue weighted by atomic mass is 10.1. The molecule has 2 N–H and O–H groups in total. The Morgan fingerprint density at radius 2 is 1.90 bits per heavy atom. The van der Waals surface area contributed by atoms with Crippen LogP contribution in [0.15, 0.2) is 40.9 Å². The number of carbonyl (C=O) groups is 2. The second kappa shape index (κ2) is 6.05. The number of carboxylic acids is 1. The van der Waals surface area contributed by atoms with E-state index in [1.54, 1.807) is 18.2 Å². The van der Waals surface area contributed by atoms with Crippen LogP contribution in [0.4, 0.5) is 10.1 Å². The van der Waals surface area contributed by atoms with Crippen molar-refractivity contribution in [3.63, 3.8) is 0 Å². The molecule has 0 aliphatic carbocycles. The summed E-state index contributed by atoms with van der Waals surface area (Å²) in [6, 6.07) is 8.51. The number of benzene rings is 2. The van der Waals surface area contributed by atoms with Gasteiger partial charge < -0.3 is 10.4 Å². The maximum absolute atomic E-state index is 13.5. The summed E-state index contributed by atoms with van der Waals surface area (Å²) in [6.45, 7) is 1.85. The Kier molecular flexibility index (Phi) is 4.37. The van der Waals surface area contributed by atoms with Crippen molar-refractivity contribution in [3.05, 3.63) is 63.4 Å². The third kappa shape index (κ3) is 3.46. The van der Waals surface area contributed by atoms with E-state index in [1.807, 2.05) is 6.92 Å². The molecule has 1 amide bonds. The zero-order chi connectivity index (χ0) is 15.6. The van der Waals surface area contributed by atoms with Gasteiger partial charge in [-0.2, -0.15) is 0 Å². The third-order valence-electron chi connectivity index (χ3n) is 2.88. The van der Waals surface area contributed by atoms with Gasteiger partial charge in [-0.1, -0.05) is 15.9 Å². The van der Waals surface area contributed by atoms with Crippen LogP contribution in [0.1, 0.15) is 26.3 Å². The van der Waals surface area contributed by atoms with Crippen LogP contribution in [0.25, 0.3) is 0 Å².